The van der Waals surface area contributed by atoms with Crippen molar-refractivity contribution in [3.63, 3.8) is 0 Å². The molecule has 6 atom stereocenters. The number of hydrogen-bond acceptors (Lipinski definition) is 4. The molecule has 0 aromatic rings. The van der Waals surface area contributed by atoms with E-state index in [4.69, 9.17) is 0 Å². The van der Waals surface area contributed by atoms with E-state index in [1.165, 1.54) is 6.92 Å². The minimum absolute atomic E-state index is 0.0683. The average molecular weight is 358 g/mol. The van der Waals surface area contributed by atoms with Crippen LogP contribution in [-0.2, 0) is 9.59 Å². The van der Waals surface area contributed by atoms with Crippen molar-refractivity contribution in [2.24, 2.45) is 28.6 Å². The van der Waals surface area contributed by atoms with Crippen molar-refractivity contribution >= 4 is 11.6 Å². The van der Waals surface area contributed by atoms with Crippen molar-refractivity contribution < 1.29 is 19.8 Å². The summed E-state index contributed by atoms with van der Waals surface area (Å²) in [5.74, 6) is 0.816. The smallest absolute Gasteiger partial charge is 0.161 e. The molecular weight excluding hydrogens is 328 g/mol. The molecule has 0 radical (unpaired) electrons. The van der Waals surface area contributed by atoms with Gasteiger partial charge in [0.1, 0.15) is 5.60 Å². The number of ketones is 2. The number of rotatable bonds is 2. The highest BCUT2D eigenvalue weighted by molar-refractivity contribution is 5.92. The molecule has 0 saturated heterocycles. The van der Waals surface area contributed by atoms with Crippen molar-refractivity contribution in [2.75, 3.05) is 6.61 Å². The predicted octanol–water partition coefficient (Wildman–Crippen LogP) is 2.98. The maximum Gasteiger partial charge on any atom is 0.161 e. The van der Waals surface area contributed by atoms with Crippen molar-refractivity contribution in [3.8, 4) is 0 Å². The highest BCUT2D eigenvalue weighted by atomic mass is 16.3. The fraction of sp³-hybridized carbons (Fsp3) is 0.727. The molecule has 0 unspecified atom stereocenters. The number of Topliss-reactive ketones (excluding diaryl/α,β-unsaturated/α-hetero) is 1. The SMILES string of the molecule is CC(=O)[C@@]1(O)CC[C@H]2[C@@H]3C=C(C)C4=CC(=O)CC[C@]4(CO)[C@H]3CC[C@@]21C. The summed E-state index contributed by atoms with van der Waals surface area (Å²) < 4.78 is 0. The quantitative estimate of drug-likeness (QED) is 0.796. The molecule has 4 nitrogen and oxygen atoms in total. The molecule has 142 valence electrons. The van der Waals surface area contributed by atoms with Gasteiger partial charge >= 0.3 is 0 Å². The lowest BCUT2D eigenvalue weighted by molar-refractivity contribution is -0.157. The van der Waals surface area contributed by atoms with E-state index in [0.29, 0.717) is 19.3 Å². The molecule has 26 heavy (non-hydrogen) atoms. The van der Waals surface area contributed by atoms with Gasteiger partial charge in [0.25, 0.3) is 0 Å². The van der Waals surface area contributed by atoms with Crippen LogP contribution >= 0.6 is 0 Å². The van der Waals surface area contributed by atoms with Gasteiger partial charge in [-0.15, -0.1) is 0 Å². The lowest BCUT2D eigenvalue weighted by atomic mass is 9.46. The molecule has 2 fully saturated rings. The molecule has 4 rings (SSSR count). The Morgan fingerprint density at radius 3 is 2.58 bits per heavy atom. The Morgan fingerprint density at radius 1 is 1.23 bits per heavy atom. The molecule has 4 aliphatic rings. The van der Waals surface area contributed by atoms with E-state index in [1.54, 1.807) is 6.08 Å². The zero-order chi connectivity index (χ0) is 18.9. The highest BCUT2D eigenvalue weighted by Crippen LogP contribution is 2.67. The Labute approximate surface area is 155 Å². The second-order valence-electron chi connectivity index (χ2n) is 9.39. The third kappa shape index (κ3) is 2.03. The number of aliphatic hydroxyl groups is 2. The van der Waals surface area contributed by atoms with E-state index >= 15 is 0 Å². The maximum atomic E-state index is 12.3. The van der Waals surface area contributed by atoms with Crippen molar-refractivity contribution in [3.05, 3.63) is 23.3 Å². The van der Waals surface area contributed by atoms with E-state index < -0.39 is 11.0 Å². The van der Waals surface area contributed by atoms with Crippen LogP contribution in [0.4, 0.5) is 0 Å². The molecular formula is C22H30O4. The fourth-order valence-electron chi connectivity index (χ4n) is 7.08. The molecule has 2 N–H and O–H groups in total. The monoisotopic (exact) mass is 358 g/mol. The fourth-order valence-corrected chi connectivity index (χ4v) is 7.08. The Kier molecular flexibility index (Phi) is 3.92. The van der Waals surface area contributed by atoms with E-state index in [-0.39, 0.29) is 41.3 Å². The number of hydrogen-bond donors (Lipinski definition) is 2. The van der Waals surface area contributed by atoms with Crippen LogP contribution in [-0.4, -0.2) is 34.0 Å². The van der Waals surface area contributed by atoms with Crippen LogP contribution in [0.5, 0.6) is 0 Å². The predicted molar refractivity (Wildman–Crippen MR) is 98.3 cm³/mol. The first-order valence-corrected chi connectivity index (χ1v) is 9.98. The Hall–Kier alpha value is -1.26. The number of fused-ring (bicyclic) bond motifs is 5. The van der Waals surface area contributed by atoms with Gasteiger partial charge in [0.15, 0.2) is 11.6 Å². The molecule has 0 bridgehead atoms. The molecule has 4 heteroatoms. The first kappa shape index (κ1) is 18.1. The summed E-state index contributed by atoms with van der Waals surface area (Å²) in [7, 11) is 0. The summed E-state index contributed by atoms with van der Waals surface area (Å²) in [4.78, 5) is 24.3. The molecule has 2 saturated carbocycles. The Bertz CT molecular complexity index is 734. The molecule has 0 heterocycles. The van der Waals surface area contributed by atoms with Crippen LogP contribution in [0.25, 0.3) is 0 Å². The van der Waals surface area contributed by atoms with Gasteiger partial charge in [-0.25, -0.2) is 0 Å². The molecule has 0 amide bonds. The summed E-state index contributed by atoms with van der Waals surface area (Å²) in [6.45, 7) is 5.72. The second-order valence-corrected chi connectivity index (χ2v) is 9.39. The number of allylic oxidation sites excluding steroid dienone is 3. The normalized spacial score (nSPS) is 47.4. The zero-order valence-electron chi connectivity index (χ0n) is 16.0. The largest absolute Gasteiger partial charge is 0.395 e. The van der Waals surface area contributed by atoms with Gasteiger partial charge in [0.05, 0.1) is 6.61 Å². The van der Waals surface area contributed by atoms with Crippen LogP contribution in [0.1, 0.15) is 59.3 Å². The number of carbonyl (C=O) groups excluding carboxylic acids is 2. The van der Waals surface area contributed by atoms with Crippen LogP contribution in [0, 0.1) is 28.6 Å². The van der Waals surface area contributed by atoms with Gasteiger partial charge in [-0.2, -0.15) is 0 Å². The molecule has 4 aliphatic carbocycles. The minimum Gasteiger partial charge on any atom is -0.395 e. The number of aliphatic hydroxyl groups excluding tert-OH is 1. The van der Waals surface area contributed by atoms with E-state index in [2.05, 4.69) is 13.0 Å². The summed E-state index contributed by atoms with van der Waals surface area (Å²) in [6.07, 6.45) is 8.30. The molecule has 0 aromatic heterocycles. The summed E-state index contributed by atoms with van der Waals surface area (Å²) in [5.41, 5.74) is 0.154. The van der Waals surface area contributed by atoms with Gasteiger partial charge in [0.2, 0.25) is 0 Å². The van der Waals surface area contributed by atoms with Crippen LogP contribution in [0.2, 0.25) is 0 Å². The van der Waals surface area contributed by atoms with E-state index in [9.17, 15) is 19.8 Å². The standard InChI is InChI=1S/C22H30O4/c1-13-10-16-17-6-9-22(26,14(2)24)20(17,3)7-5-18(16)21(12-23)8-4-15(25)11-19(13)21/h10-11,16-18,23,26H,4-9,12H2,1-3H3/t16-,17-,18-,20-,21-,22-/m0/s1. The van der Waals surface area contributed by atoms with Gasteiger partial charge in [-0.1, -0.05) is 18.6 Å². The summed E-state index contributed by atoms with van der Waals surface area (Å²) in [6, 6.07) is 0. The first-order valence-electron chi connectivity index (χ1n) is 9.98. The average Bonchev–Trinajstić information content (AvgIpc) is 2.88. The lowest BCUT2D eigenvalue weighted by Crippen LogP contribution is -2.57. The maximum absolute atomic E-state index is 12.3. The zero-order valence-corrected chi connectivity index (χ0v) is 16.0. The Balaban J connectivity index is 1.82. The summed E-state index contributed by atoms with van der Waals surface area (Å²) in [5, 5.41) is 21.6. The topological polar surface area (TPSA) is 74.6 Å². The third-order valence-corrected chi connectivity index (χ3v) is 8.59. The number of carbonyl (C=O) groups is 2. The second kappa shape index (κ2) is 5.62. The van der Waals surface area contributed by atoms with Crippen LogP contribution in [0.3, 0.4) is 0 Å². The van der Waals surface area contributed by atoms with Gasteiger partial charge in [0, 0.05) is 17.3 Å². The molecule has 0 spiro atoms. The van der Waals surface area contributed by atoms with Crippen molar-refractivity contribution in [2.45, 2.75) is 64.9 Å². The third-order valence-electron chi connectivity index (χ3n) is 8.59. The van der Waals surface area contributed by atoms with Gasteiger partial charge in [-0.3, -0.25) is 9.59 Å². The first-order chi connectivity index (χ1) is 12.2. The minimum atomic E-state index is -1.23. The van der Waals surface area contributed by atoms with Gasteiger partial charge < -0.3 is 10.2 Å². The van der Waals surface area contributed by atoms with Crippen molar-refractivity contribution in [1.82, 2.24) is 0 Å². The molecule has 0 aliphatic heterocycles. The van der Waals surface area contributed by atoms with Gasteiger partial charge in [-0.05, 0) is 75.4 Å². The Morgan fingerprint density at radius 2 is 1.92 bits per heavy atom. The lowest BCUT2D eigenvalue weighted by Gasteiger charge is -2.58. The summed E-state index contributed by atoms with van der Waals surface area (Å²) >= 11 is 0. The van der Waals surface area contributed by atoms with Crippen LogP contribution < -0.4 is 0 Å². The molecule has 0 aromatic carbocycles. The van der Waals surface area contributed by atoms with Crippen molar-refractivity contribution in [1.29, 1.82) is 0 Å². The van der Waals surface area contributed by atoms with Crippen LogP contribution in [0.15, 0.2) is 23.3 Å². The van der Waals surface area contributed by atoms with E-state index in [0.717, 1.165) is 30.4 Å². The highest BCUT2D eigenvalue weighted by Gasteiger charge is 2.65. The van der Waals surface area contributed by atoms with E-state index in [1.807, 2.05) is 6.92 Å².